The molecule has 2 fully saturated rings. The van der Waals surface area contributed by atoms with Gasteiger partial charge in [-0.3, -0.25) is 4.79 Å². The number of aryl methyl sites for hydroxylation is 1. The standard InChI is InChI=1S/C28H36N2O/c1-20(2)26-17-23(21-9-4-3-5-10-21)14-16-30(26)27(31)25-18-29-19-28(25)15-8-12-22-11-6-7-13-24(22)28/h3-7,9-11,13,20,23,25-26,29H,8,12,14-19H2,1-2H3/t23-,25+,26+,28+/m0/s1. The van der Waals surface area contributed by atoms with Gasteiger partial charge in [0.1, 0.15) is 0 Å². The summed E-state index contributed by atoms with van der Waals surface area (Å²) in [5, 5.41) is 3.62. The van der Waals surface area contributed by atoms with Crippen LogP contribution in [0, 0.1) is 11.8 Å². The molecular formula is C28H36N2O. The predicted molar refractivity (Wildman–Crippen MR) is 126 cm³/mol. The van der Waals surface area contributed by atoms with Gasteiger partial charge in [-0.05, 0) is 60.6 Å². The molecule has 0 bridgehead atoms. The Kier molecular flexibility index (Phi) is 5.64. The molecule has 3 heteroatoms. The normalized spacial score (nSPS) is 30.5. The number of rotatable bonds is 3. The fraction of sp³-hybridized carbons (Fsp3) is 0.536. The maximum atomic E-state index is 14.1. The van der Waals surface area contributed by atoms with E-state index in [4.69, 9.17) is 0 Å². The minimum atomic E-state index is -0.0241. The van der Waals surface area contributed by atoms with E-state index in [1.807, 2.05) is 0 Å². The summed E-state index contributed by atoms with van der Waals surface area (Å²) in [4.78, 5) is 16.4. The van der Waals surface area contributed by atoms with Crippen LogP contribution in [0.25, 0.3) is 0 Å². The van der Waals surface area contributed by atoms with Crippen LogP contribution in [0.1, 0.15) is 62.1 Å². The molecule has 2 heterocycles. The number of nitrogens with one attached hydrogen (secondary N) is 1. The molecule has 0 radical (unpaired) electrons. The van der Waals surface area contributed by atoms with E-state index in [1.165, 1.54) is 23.1 Å². The van der Waals surface area contributed by atoms with E-state index in [0.29, 0.717) is 23.8 Å². The summed E-state index contributed by atoms with van der Waals surface area (Å²) in [5.41, 5.74) is 4.30. The van der Waals surface area contributed by atoms with Crippen LogP contribution in [-0.2, 0) is 16.6 Å². The lowest BCUT2D eigenvalue weighted by Crippen LogP contribution is -2.54. The number of fused-ring (bicyclic) bond motifs is 2. The Hall–Kier alpha value is -2.13. The second-order valence-electron chi connectivity index (χ2n) is 10.3. The Labute approximate surface area is 187 Å². The van der Waals surface area contributed by atoms with Crippen molar-refractivity contribution in [2.24, 2.45) is 11.8 Å². The molecular weight excluding hydrogens is 380 g/mol. The molecule has 1 aliphatic carbocycles. The summed E-state index contributed by atoms with van der Waals surface area (Å²) >= 11 is 0. The van der Waals surface area contributed by atoms with Crippen molar-refractivity contribution in [1.82, 2.24) is 10.2 Å². The van der Waals surface area contributed by atoms with Gasteiger partial charge in [-0.2, -0.15) is 0 Å². The van der Waals surface area contributed by atoms with Crippen molar-refractivity contribution in [2.75, 3.05) is 19.6 Å². The van der Waals surface area contributed by atoms with E-state index >= 15 is 0 Å². The Balaban J connectivity index is 1.42. The van der Waals surface area contributed by atoms with Crippen molar-refractivity contribution < 1.29 is 4.79 Å². The zero-order valence-corrected chi connectivity index (χ0v) is 19.0. The fourth-order valence-corrected chi connectivity index (χ4v) is 6.71. The maximum absolute atomic E-state index is 14.1. The lowest BCUT2D eigenvalue weighted by molar-refractivity contribution is -0.142. The van der Waals surface area contributed by atoms with Gasteiger partial charge in [0, 0.05) is 31.1 Å². The Morgan fingerprint density at radius 2 is 1.87 bits per heavy atom. The highest BCUT2D eigenvalue weighted by Crippen LogP contribution is 2.46. The molecule has 0 saturated carbocycles. The monoisotopic (exact) mass is 416 g/mol. The summed E-state index contributed by atoms with van der Waals surface area (Å²) < 4.78 is 0. The van der Waals surface area contributed by atoms with Crippen molar-refractivity contribution >= 4 is 5.91 Å². The zero-order chi connectivity index (χ0) is 21.4. The molecule has 2 aliphatic heterocycles. The van der Waals surface area contributed by atoms with Crippen LogP contribution >= 0.6 is 0 Å². The Bertz CT molecular complexity index is 924. The molecule has 3 aliphatic rings. The summed E-state index contributed by atoms with van der Waals surface area (Å²) in [7, 11) is 0. The first kappa shape index (κ1) is 20.8. The molecule has 2 aromatic rings. The Morgan fingerprint density at radius 3 is 2.68 bits per heavy atom. The van der Waals surface area contributed by atoms with Gasteiger partial charge in [0.15, 0.2) is 0 Å². The van der Waals surface area contributed by atoms with E-state index in [2.05, 4.69) is 78.7 Å². The lowest BCUT2D eigenvalue weighted by atomic mass is 9.64. The summed E-state index contributed by atoms with van der Waals surface area (Å²) in [6, 6.07) is 20.1. The number of carbonyl (C=O) groups excluding carboxylic acids is 1. The van der Waals surface area contributed by atoms with E-state index in [1.54, 1.807) is 0 Å². The van der Waals surface area contributed by atoms with Crippen LogP contribution in [0.3, 0.4) is 0 Å². The largest absolute Gasteiger partial charge is 0.339 e. The SMILES string of the molecule is CC(C)[C@H]1C[C@@H](c2ccccc2)CCN1C(=O)[C@H]1CNC[C@@]12CCCc1ccccc12. The zero-order valence-electron chi connectivity index (χ0n) is 19.0. The summed E-state index contributed by atoms with van der Waals surface area (Å²) in [5.74, 6) is 1.48. The van der Waals surface area contributed by atoms with Gasteiger partial charge in [0.2, 0.25) is 5.91 Å². The van der Waals surface area contributed by atoms with Crippen LogP contribution in [0.15, 0.2) is 54.6 Å². The highest BCUT2D eigenvalue weighted by Gasteiger charge is 2.51. The van der Waals surface area contributed by atoms with Crippen molar-refractivity contribution in [3.8, 4) is 0 Å². The first-order chi connectivity index (χ1) is 15.1. The second kappa shape index (κ2) is 8.43. The molecule has 164 valence electrons. The second-order valence-corrected chi connectivity index (χ2v) is 10.3. The van der Waals surface area contributed by atoms with Crippen LogP contribution in [-0.4, -0.2) is 36.5 Å². The number of piperidine rings is 1. The first-order valence-electron chi connectivity index (χ1n) is 12.2. The quantitative estimate of drug-likeness (QED) is 0.771. The summed E-state index contributed by atoms with van der Waals surface area (Å²) in [6.07, 6.45) is 5.61. The molecule has 2 aromatic carbocycles. The highest BCUT2D eigenvalue weighted by atomic mass is 16.2. The van der Waals surface area contributed by atoms with Gasteiger partial charge < -0.3 is 10.2 Å². The number of nitrogens with zero attached hydrogens (tertiary/aromatic N) is 1. The fourth-order valence-electron chi connectivity index (χ4n) is 6.71. The van der Waals surface area contributed by atoms with Gasteiger partial charge in [0.25, 0.3) is 0 Å². The Morgan fingerprint density at radius 1 is 1.10 bits per heavy atom. The predicted octanol–water partition coefficient (Wildman–Crippen LogP) is 4.91. The van der Waals surface area contributed by atoms with E-state index in [0.717, 1.165) is 45.3 Å². The third-order valence-electron chi connectivity index (χ3n) is 8.35. The average Bonchev–Trinajstić information content (AvgIpc) is 3.23. The van der Waals surface area contributed by atoms with E-state index in [-0.39, 0.29) is 11.3 Å². The molecule has 1 amide bonds. The van der Waals surface area contributed by atoms with E-state index in [9.17, 15) is 4.79 Å². The molecule has 31 heavy (non-hydrogen) atoms. The number of likely N-dealkylation sites (tertiary alicyclic amines) is 1. The van der Waals surface area contributed by atoms with Crippen molar-refractivity contribution in [3.05, 3.63) is 71.3 Å². The van der Waals surface area contributed by atoms with Crippen molar-refractivity contribution in [1.29, 1.82) is 0 Å². The third-order valence-corrected chi connectivity index (χ3v) is 8.35. The van der Waals surface area contributed by atoms with Gasteiger partial charge in [-0.1, -0.05) is 68.4 Å². The van der Waals surface area contributed by atoms with Crippen molar-refractivity contribution in [3.63, 3.8) is 0 Å². The molecule has 1 N–H and O–H groups in total. The summed E-state index contributed by atoms with van der Waals surface area (Å²) in [6.45, 7) is 7.22. The number of hydrogen-bond donors (Lipinski definition) is 1. The smallest absolute Gasteiger partial charge is 0.228 e. The molecule has 5 rings (SSSR count). The number of benzene rings is 2. The first-order valence-corrected chi connectivity index (χ1v) is 12.2. The van der Waals surface area contributed by atoms with Crippen LogP contribution in [0.5, 0.6) is 0 Å². The minimum absolute atomic E-state index is 0.0241. The number of carbonyl (C=O) groups is 1. The minimum Gasteiger partial charge on any atom is -0.339 e. The molecule has 0 unspecified atom stereocenters. The maximum Gasteiger partial charge on any atom is 0.228 e. The highest BCUT2D eigenvalue weighted by molar-refractivity contribution is 5.82. The van der Waals surface area contributed by atoms with Gasteiger partial charge in [0.05, 0.1) is 5.92 Å². The number of amides is 1. The van der Waals surface area contributed by atoms with Crippen molar-refractivity contribution in [2.45, 2.75) is 63.3 Å². The average molecular weight is 417 g/mol. The molecule has 0 aromatic heterocycles. The van der Waals surface area contributed by atoms with Gasteiger partial charge >= 0.3 is 0 Å². The van der Waals surface area contributed by atoms with Crippen LogP contribution < -0.4 is 5.32 Å². The molecule has 2 saturated heterocycles. The molecule has 1 spiro atoms. The van der Waals surface area contributed by atoms with Gasteiger partial charge in [-0.15, -0.1) is 0 Å². The molecule has 4 atom stereocenters. The topological polar surface area (TPSA) is 32.3 Å². The third kappa shape index (κ3) is 3.61. The van der Waals surface area contributed by atoms with E-state index < -0.39 is 0 Å². The van der Waals surface area contributed by atoms with Crippen LogP contribution in [0.4, 0.5) is 0 Å². The van der Waals surface area contributed by atoms with Crippen LogP contribution in [0.2, 0.25) is 0 Å². The number of hydrogen-bond acceptors (Lipinski definition) is 2. The van der Waals surface area contributed by atoms with Gasteiger partial charge in [-0.25, -0.2) is 0 Å². The lowest BCUT2D eigenvalue weighted by Gasteiger charge is -2.46. The molecule has 3 nitrogen and oxygen atoms in total.